The van der Waals surface area contributed by atoms with E-state index in [1.807, 2.05) is 6.07 Å². The fraction of sp³-hybridized carbons (Fsp3) is 0.357. The highest BCUT2D eigenvalue weighted by molar-refractivity contribution is 5.87. The van der Waals surface area contributed by atoms with Crippen LogP contribution in [-0.4, -0.2) is 4.57 Å². The summed E-state index contributed by atoms with van der Waals surface area (Å²) in [7, 11) is 0. The topological polar surface area (TPSA) is 28.7 Å². The van der Waals surface area contributed by atoms with Crippen LogP contribution in [0.3, 0.4) is 0 Å². The van der Waals surface area contributed by atoms with Crippen LogP contribution in [0.25, 0.3) is 10.9 Å². The Hall–Kier alpha value is -1.96. The Morgan fingerprint density at radius 3 is 2.58 bits per heavy atom. The zero-order valence-corrected chi connectivity index (χ0v) is 10.1. The number of hydrogen-bond donors (Lipinski definition) is 0. The van der Waals surface area contributed by atoms with Gasteiger partial charge in [-0.05, 0) is 49.4 Å². The summed E-state index contributed by atoms with van der Waals surface area (Å²) in [5.74, 6) is 0. The normalized spacial score (nSPS) is 15.3. The first-order valence-corrected chi connectivity index (χ1v) is 6.16. The van der Waals surface area contributed by atoms with Gasteiger partial charge in [0.2, 0.25) is 0 Å². The molecule has 1 aliphatic rings. The molecule has 1 aromatic heterocycles. The molecule has 0 fully saturated rings. The van der Waals surface area contributed by atoms with E-state index in [-0.39, 0.29) is 5.52 Å². The summed E-state index contributed by atoms with van der Waals surface area (Å²) in [6.45, 7) is 0. The third kappa shape index (κ3) is 1.79. The molecule has 0 atom stereocenters. The smallest absolute Gasteiger partial charge is 0.256 e. The second-order valence-corrected chi connectivity index (χ2v) is 4.78. The quantitative estimate of drug-likeness (QED) is 0.710. The molecule has 0 radical (unpaired) electrons. The molecule has 0 saturated carbocycles. The third-order valence-corrected chi connectivity index (χ3v) is 3.65. The van der Waals surface area contributed by atoms with Crippen molar-refractivity contribution in [2.75, 3.05) is 0 Å². The minimum atomic E-state index is -4.41. The second-order valence-electron chi connectivity index (χ2n) is 4.78. The van der Waals surface area contributed by atoms with E-state index in [2.05, 4.69) is 0 Å². The molecule has 1 heterocycles. The summed E-state index contributed by atoms with van der Waals surface area (Å²) in [4.78, 5) is 0. The Morgan fingerprint density at radius 1 is 1.16 bits per heavy atom. The van der Waals surface area contributed by atoms with Crippen LogP contribution >= 0.6 is 0 Å². The van der Waals surface area contributed by atoms with E-state index in [0.29, 0.717) is 34.1 Å². The van der Waals surface area contributed by atoms with Gasteiger partial charge in [-0.3, -0.25) is 4.57 Å². The molecule has 98 valence electrons. The molecule has 0 saturated heterocycles. The molecule has 0 N–H and O–H groups in total. The number of aromatic nitrogens is 1. The Bertz CT molecular complexity index is 689. The standard InChI is InChI=1S/C14H11F3N2/c15-14(16,17)19-12-4-2-1-3-10(12)11-7-9(8-18)5-6-13(11)19/h5-7H,1-4H2. The minimum absolute atomic E-state index is 0.165. The molecule has 19 heavy (non-hydrogen) atoms. The fourth-order valence-electron chi connectivity index (χ4n) is 2.90. The van der Waals surface area contributed by atoms with Gasteiger partial charge in [0.15, 0.2) is 0 Å². The van der Waals surface area contributed by atoms with Gasteiger partial charge in [0.1, 0.15) is 0 Å². The monoisotopic (exact) mass is 264 g/mol. The number of halogens is 3. The van der Waals surface area contributed by atoms with Crippen LogP contribution < -0.4 is 0 Å². The lowest BCUT2D eigenvalue weighted by atomic mass is 9.95. The second kappa shape index (κ2) is 4.02. The molecule has 0 spiro atoms. The summed E-state index contributed by atoms with van der Waals surface area (Å²) in [5.41, 5.74) is 1.69. The molecule has 0 amide bonds. The summed E-state index contributed by atoms with van der Waals surface area (Å²) in [6.07, 6.45) is -1.61. The number of fused-ring (bicyclic) bond motifs is 3. The van der Waals surface area contributed by atoms with Gasteiger partial charge in [-0.15, -0.1) is 13.2 Å². The summed E-state index contributed by atoms with van der Waals surface area (Å²) >= 11 is 0. The number of hydrogen-bond acceptors (Lipinski definition) is 1. The van der Waals surface area contributed by atoms with Gasteiger partial charge in [0, 0.05) is 11.1 Å². The van der Waals surface area contributed by atoms with Crippen molar-refractivity contribution in [3.05, 3.63) is 35.0 Å². The van der Waals surface area contributed by atoms with Gasteiger partial charge in [-0.1, -0.05) is 0 Å². The first-order valence-electron chi connectivity index (χ1n) is 6.16. The maximum absolute atomic E-state index is 13.2. The van der Waals surface area contributed by atoms with Crippen molar-refractivity contribution in [3.63, 3.8) is 0 Å². The van der Waals surface area contributed by atoms with Crippen LogP contribution in [0, 0.1) is 11.3 Å². The lowest BCUT2D eigenvalue weighted by molar-refractivity contribution is -0.202. The number of rotatable bonds is 0. The predicted molar refractivity (Wildman–Crippen MR) is 64.6 cm³/mol. The minimum Gasteiger partial charge on any atom is -0.256 e. The van der Waals surface area contributed by atoms with E-state index in [0.717, 1.165) is 18.4 Å². The van der Waals surface area contributed by atoms with Gasteiger partial charge < -0.3 is 0 Å². The highest BCUT2D eigenvalue weighted by Gasteiger charge is 2.36. The van der Waals surface area contributed by atoms with Gasteiger partial charge in [-0.25, -0.2) is 0 Å². The Morgan fingerprint density at radius 2 is 1.89 bits per heavy atom. The molecule has 2 aromatic rings. The number of benzene rings is 1. The number of alkyl halides is 3. The van der Waals surface area contributed by atoms with Crippen molar-refractivity contribution < 1.29 is 13.2 Å². The molecule has 3 rings (SSSR count). The molecule has 1 aliphatic carbocycles. The first kappa shape index (κ1) is 12.1. The van der Waals surface area contributed by atoms with E-state index in [1.54, 1.807) is 6.07 Å². The molecular weight excluding hydrogens is 253 g/mol. The molecule has 2 nitrogen and oxygen atoms in total. The van der Waals surface area contributed by atoms with Crippen LogP contribution in [0.15, 0.2) is 18.2 Å². The molecule has 0 aliphatic heterocycles. The van der Waals surface area contributed by atoms with Crippen LogP contribution in [-0.2, 0) is 19.1 Å². The van der Waals surface area contributed by atoms with E-state index in [4.69, 9.17) is 5.26 Å². The maximum Gasteiger partial charge on any atom is 0.489 e. The highest BCUT2D eigenvalue weighted by atomic mass is 19.4. The van der Waals surface area contributed by atoms with E-state index >= 15 is 0 Å². The average molecular weight is 264 g/mol. The highest BCUT2D eigenvalue weighted by Crippen LogP contribution is 2.38. The molecule has 1 aromatic carbocycles. The Labute approximate surface area is 108 Å². The Kier molecular flexibility index (Phi) is 2.56. The van der Waals surface area contributed by atoms with Crippen molar-refractivity contribution in [1.82, 2.24) is 4.57 Å². The summed E-state index contributed by atoms with van der Waals surface area (Å²) < 4.78 is 40.1. The van der Waals surface area contributed by atoms with Crippen molar-refractivity contribution in [3.8, 4) is 6.07 Å². The fourth-order valence-corrected chi connectivity index (χ4v) is 2.90. The SMILES string of the molecule is N#Cc1ccc2c(c1)c1c(n2C(F)(F)F)CCCC1. The van der Waals surface area contributed by atoms with Crippen LogP contribution in [0.2, 0.25) is 0 Å². The van der Waals surface area contributed by atoms with Crippen molar-refractivity contribution in [2.24, 2.45) is 0 Å². The van der Waals surface area contributed by atoms with Crippen molar-refractivity contribution in [1.29, 1.82) is 5.26 Å². The average Bonchev–Trinajstić information content (AvgIpc) is 2.72. The van der Waals surface area contributed by atoms with Gasteiger partial charge in [0.05, 0.1) is 17.1 Å². The van der Waals surface area contributed by atoms with Gasteiger partial charge >= 0.3 is 6.30 Å². The molecule has 0 bridgehead atoms. The van der Waals surface area contributed by atoms with Crippen LogP contribution in [0.4, 0.5) is 13.2 Å². The first-order chi connectivity index (χ1) is 9.02. The predicted octanol–water partition coefficient (Wildman–Crippen LogP) is 3.87. The molecular formula is C14H11F3N2. The van der Waals surface area contributed by atoms with Crippen molar-refractivity contribution >= 4 is 10.9 Å². The third-order valence-electron chi connectivity index (χ3n) is 3.65. The lowest BCUT2D eigenvalue weighted by Gasteiger charge is -2.17. The van der Waals surface area contributed by atoms with Crippen LogP contribution in [0.1, 0.15) is 29.7 Å². The number of aryl methyl sites for hydroxylation is 1. The number of nitriles is 1. The van der Waals surface area contributed by atoms with E-state index < -0.39 is 6.30 Å². The molecule has 5 heteroatoms. The molecule has 0 unspecified atom stereocenters. The summed E-state index contributed by atoms with van der Waals surface area (Å²) in [6, 6.07) is 6.40. The lowest BCUT2D eigenvalue weighted by Crippen LogP contribution is -2.20. The van der Waals surface area contributed by atoms with Crippen molar-refractivity contribution in [2.45, 2.75) is 32.0 Å². The zero-order chi connectivity index (χ0) is 13.6. The Balaban J connectivity index is 2.39. The summed E-state index contributed by atoms with van der Waals surface area (Å²) in [5, 5.41) is 9.46. The largest absolute Gasteiger partial charge is 0.489 e. The number of nitrogens with zero attached hydrogens (tertiary/aromatic N) is 2. The zero-order valence-electron chi connectivity index (χ0n) is 10.1. The van der Waals surface area contributed by atoms with E-state index in [1.165, 1.54) is 12.1 Å². The van der Waals surface area contributed by atoms with E-state index in [9.17, 15) is 13.2 Å². The van der Waals surface area contributed by atoms with Crippen LogP contribution in [0.5, 0.6) is 0 Å². The maximum atomic E-state index is 13.2. The van der Waals surface area contributed by atoms with Gasteiger partial charge in [-0.2, -0.15) is 5.26 Å². The van der Waals surface area contributed by atoms with Gasteiger partial charge in [0.25, 0.3) is 0 Å².